The van der Waals surface area contributed by atoms with E-state index >= 15 is 0 Å². The van der Waals surface area contributed by atoms with E-state index in [-0.39, 0.29) is 0 Å². The van der Waals surface area contributed by atoms with Gasteiger partial charge in [-0.05, 0) is 66.8 Å². The summed E-state index contributed by atoms with van der Waals surface area (Å²) < 4.78 is 0. The average Bonchev–Trinajstić information content (AvgIpc) is 3.25. The van der Waals surface area contributed by atoms with Crippen LogP contribution in [0.2, 0.25) is 0 Å². The van der Waals surface area contributed by atoms with Gasteiger partial charge in [0.25, 0.3) is 0 Å². The normalized spacial score (nSPS) is 12.6. The van der Waals surface area contributed by atoms with Crippen LogP contribution >= 0.6 is 0 Å². The Bertz CT molecular complexity index is 988. The molecule has 4 rings (SSSR count). The van der Waals surface area contributed by atoms with Crippen molar-refractivity contribution in [1.29, 1.82) is 0 Å². The van der Waals surface area contributed by atoms with Gasteiger partial charge in [-0.1, -0.05) is 110 Å². The van der Waals surface area contributed by atoms with Gasteiger partial charge in [0.2, 0.25) is 0 Å². The monoisotopic (exact) mass is 436 g/mol. The minimum absolute atomic E-state index is 0.616. The van der Waals surface area contributed by atoms with E-state index in [1.54, 1.807) is 0 Å². The second-order valence-corrected chi connectivity index (χ2v) is 8.12. The highest BCUT2D eigenvalue weighted by Gasteiger charge is 2.12. The summed E-state index contributed by atoms with van der Waals surface area (Å²) in [5.74, 6) is 0.616. The first-order chi connectivity index (χ1) is 16.0. The molecule has 1 unspecified atom stereocenters. The van der Waals surface area contributed by atoms with Crippen molar-refractivity contribution in [2.75, 3.05) is 0 Å². The van der Waals surface area contributed by atoms with Crippen LogP contribution in [0.25, 0.3) is 6.08 Å². The number of benzene rings is 3. The molecule has 172 valence electrons. The molecule has 0 saturated carbocycles. The third-order valence-corrected chi connectivity index (χ3v) is 5.58. The minimum atomic E-state index is 0.616. The Morgan fingerprint density at radius 1 is 0.758 bits per heavy atom. The maximum Gasteiger partial charge on any atom is -0.000107 e. The van der Waals surface area contributed by atoms with Crippen LogP contribution in [0.4, 0.5) is 0 Å². The summed E-state index contributed by atoms with van der Waals surface area (Å²) in [7, 11) is 0. The number of allylic oxidation sites excluding steroid dienone is 2. The lowest BCUT2D eigenvalue weighted by molar-refractivity contribution is 0.904. The van der Waals surface area contributed by atoms with Crippen molar-refractivity contribution in [2.24, 2.45) is 0 Å². The zero-order valence-corrected chi connectivity index (χ0v) is 20.8. The van der Waals surface area contributed by atoms with Gasteiger partial charge in [0.15, 0.2) is 0 Å². The predicted molar refractivity (Wildman–Crippen MR) is 150 cm³/mol. The number of fused-ring (bicyclic) bond motifs is 1. The molecule has 0 spiro atoms. The summed E-state index contributed by atoms with van der Waals surface area (Å²) in [5, 5.41) is 0. The third-order valence-electron chi connectivity index (χ3n) is 5.58. The van der Waals surface area contributed by atoms with Crippen molar-refractivity contribution in [2.45, 2.75) is 46.0 Å². The van der Waals surface area contributed by atoms with Crippen molar-refractivity contribution in [3.05, 3.63) is 151 Å². The Morgan fingerprint density at radius 3 is 2.00 bits per heavy atom. The van der Waals surface area contributed by atoms with E-state index in [0.717, 1.165) is 19.3 Å². The van der Waals surface area contributed by atoms with Crippen LogP contribution in [0, 0.1) is 13.8 Å². The second-order valence-electron chi connectivity index (χ2n) is 8.12. The van der Waals surface area contributed by atoms with Gasteiger partial charge >= 0.3 is 0 Å². The molecule has 0 N–H and O–H groups in total. The van der Waals surface area contributed by atoms with Gasteiger partial charge in [-0.25, -0.2) is 0 Å². The van der Waals surface area contributed by atoms with Crippen LogP contribution in [0.15, 0.2) is 117 Å². The molecular formula is C33H40. The second kappa shape index (κ2) is 15.4. The quantitative estimate of drug-likeness (QED) is 0.349. The number of rotatable bonds is 5. The number of hydrogen-bond donors (Lipinski definition) is 0. The molecule has 1 aliphatic rings. The summed E-state index contributed by atoms with van der Waals surface area (Å²) in [6.07, 6.45) is 7.64. The Morgan fingerprint density at radius 2 is 1.39 bits per heavy atom. The summed E-state index contributed by atoms with van der Waals surface area (Å²) in [5.41, 5.74) is 9.67. The van der Waals surface area contributed by atoms with Crippen molar-refractivity contribution >= 4 is 6.08 Å². The molecule has 0 nitrogen and oxygen atoms in total. The Labute approximate surface area is 202 Å². The lowest BCUT2D eigenvalue weighted by Gasteiger charge is -2.06. The Hall–Kier alpha value is -3.38. The predicted octanol–water partition coefficient (Wildman–Crippen LogP) is 9.46. The highest BCUT2D eigenvalue weighted by Crippen LogP contribution is 2.31. The zero-order valence-electron chi connectivity index (χ0n) is 20.8. The molecule has 1 atom stereocenters. The maximum absolute atomic E-state index is 4.19. The molecule has 0 fully saturated rings. The molecule has 0 heterocycles. The molecule has 0 radical (unpaired) electrons. The van der Waals surface area contributed by atoms with Gasteiger partial charge in [0.05, 0.1) is 0 Å². The van der Waals surface area contributed by atoms with Crippen LogP contribution < -0.4 is 0 Å². The van der Waals surface area contributed by atoms with Gasteiger partial charge in [0, 0.05) is 0 Å². The SMILES string of the molecule is C=C.C=C.C=C(CCc1ccccc1)Cc1ccc(C)cc1.Cc1cccc2c1C=CC2C. The van der Waals surface area contributed by atoms with Crippen molar-refractivity contribution in [3.63, 3.8) is 0 Å². The molecule has 3 aromatic carbocycles. The van der Waals surface area contributed by atoms with E-state index in [2.05, 4.69) is 139 Å². The standard InChI is InChI=1S/C18H20.C11H12.2C2H4/c1-15-8-12-18(13-9-15)14-16(2)10-11-17-6-4-3-5-7-17;1-8-4-3-5-10-9(2)6-7-11(8)10;2*1-2/h3-9,12-13H,2,10-11,14H2,1H3;3-7,9H,1-2H3;2*1-2H2. The molecule has 1 aliphatic carbocycles. The molecule has 0 aromatic heterocycles. The van der Waals surface area contributed by atoms with Gasteiger partial charge in [-0.2, -0.15) is 0 Å². The van der Waals surface area contributed by atoms with E-state index < -0.39 is 0 Å². The number of aryl methyl sites for hydroxylation is 3. The summed E-state index contributed by atoms with van der Waals surface area (Å²) in [4.78, 5) is 0. The molecule has 0 amide bonds. The van der Waals surface area contributed by atoms with Crippen LogP contribution in [0.3, 0.4) is 0 Å². The van der Waals surface area contributed by atoms with Gasteiger partial charge < -0.3 is 0 Å². The van der Waals surface area contributed by atoms with Crippen LogP contribution in [0.5, 0.6) is 0 Å². The van der Waals surface area contributed by atoms with Crippen molar-refractivity contribution in [1.82, 2.24) is 0 Å². The lowest BCUT2D eigenvalue weighted by Crippen LogP contribution is -1.93. The fourth-order valence-electron chi connectivity index (χ4n) is 3.72. The fourth-order valence-corrected chi connectivity index (χ4v) is 3.72. The smallest absolute Gasteiger partial charge is 0.000107 e. The zero-order chi connectivity index (χ0) is 24.6. The van der Waals surface area contributed by atoms with E-state index in [9.17, 15) is 0 Å². The fraction of sp³-hybridized carbons (Fsp3) is 0.212. The average molecular weight is 437 g/mol. The molecule has 0 bridgehead atoms. The highest BCUT2D eigenvalue weighted by molar-refractivity contribution is 5.65. The highest BCUT2D eigenvalue weighted by atomic mass is 14.2. The Balaban J connectivity index is 0.000000310. The summed E-state index contributed by atoms with van der Waals surface area (Å²) >= 11 is 0. The van der Waals surface area contributed by atoms with E-state index in [1.807, 2.05) is 0 Å². The first kappa shape index (κ1) is 27.7. The number of hydrogen-bond acceptors (Lipinski definition) is 0. The third kappa shape index (κ3) is 9.33. The largest absolute Gasteiger partial charge is 0.106 e. The van der Waals surface area contributed by atoms with Crippen molar-refractivity contribution < 1.29 is 0 Å². The Kier molecular flexibility index (Phi) is 12.9. The molecule has 0 heteroatoms. The lowest BCUT2D eigenvalue weighted by atomic mass is 9.99. The molecule has 3 aromatic rings. The first-order valence-corrected chi connectivity index (χ1v) is 11.6. The molecule has 33 heavy (non-hydrogen) atoms. The van der Waals surface area contributed by atoms with E-state index in [1.165, 1.54) is 39.0 Å². The van der Waals surface area contributed by atoms with Crippen molar-refractivity contribution in [3.8, 4) is 0 Å². The van der Waals surface area contributed by atoms with Gasteiger partial charge in [-0.3, -0.25) is 0 Å². The van der Waals surface area contributed by atoms with E-state index in [4.69, 9.17) is 0 Å². The van der Waals surface area contributed by atoms with Gasteiger partial charge in [0.1, 0.15) is 0 Å². The van der Waals surface area contributed by atoms with Crippen LogP contribution in [-0.4, -0.2) is 0 Å². The van der Waals surface area contributed by atoms with Crippen LogP contribution in [0.1, 0.15) is 52.6 Å². The molecule has 0 saturated heterocycles. The van der Waals surface area contributed by atoms with Crippen LogP contribution in [-0.2, 0) is 12.8 Å². The maximum atomic E-state index is 4.19. The topological polar surface area (TPSA) is 0 Å². The first-order valence-electron chi connectivity index (χ1n) is 11.6. The van der Waals surface area contributed by atoms with Gasteiger partial charge in [-0.15, -0.1) is 26.3 Å². The molecular weight excluding hydrogens is 396 g/mol. The summed E-state index contributed by atoms with van der Waals surface area (Å²) in [6.45, 7) is 22.7. The van der Waals surface area contributed by atoms with E-state index in [0.29, 0.717) is 5.92 Å². The molecule has 0 aliphatic heterocycles. The minimum Gasteiger partial charge on any atom is -0.106 e. The summed E-state index contributed by atoms with van der Waals surface area (Å²) in [6, 6.07) is 25.9.